The number of nitrogens with zero attached hydrogens (tertiary/aromatic N) is 2. The molecule has 0 radical (unpaired) electrons. The van der Waals surface area contributed by atoms with E-state index in [-0.39, 0.29) is 23.3 Å². The van der Waals surface area contributed by atoms with Crippen LogP contribution >= 0.6 is 11.3 Å². The number of rotatable bonds is 4. The summed E-state index contributed by atoms with van der Waals surface area (Å²) in [4.78, 5) is 30.8. The topological polar surface area (TPSA) is 72.6 Å². The van der Waals surface area contributed by atoms with E-state index >= 15 is 0 Å². The van der Waals surface area contributed by atoms with Crippen LogP contribution in [0.3, 0.4) is 0 Å². The van der Waals surface area contributed by atoms with E-state index in [0.29, 0.717) is 36.7 Å². The van der Waals surface area contributed by atoms with Crippen molar-refractivity contribution in [3.8, 4) is 10.8 Å². The maximum atomic E-state index is 13.8. The van der Waals surface area contributed by atoms with E-state index in [1.165, 1.54) is 23.5 Å². The molecule has 0 bridgehead atoms. The number of carbonyl (C=O) groups excluding carboxylic acids is 2. The lowest BCUT2D eigenvalue weighted by molar-refractivity contribution is 0.0115. The fraction of sp³-hybridized carbons (Fsp3) is 0.286. The van der Waals surface area contributed by atoms with Crippen molar-refractivity contribution in [3.63, 3.8) is 0 Å². The number of carbonyl (C=O) groups is 2. The highest BCUT2D eigenvalue weighted by Gasteiger charge is 2.28. The number of thiazole rings is 1. The molecule has 0 N–H and O–H groups in total. The molecule has 3 aromatic rings. The first kappa shape index (κ1) is 19.3. The van der Waals surface area contributed by atoms with Gasteiger partial charge in [0.25, 0.3) is 5.91 Å². The quantitative estimate of drug-likeness (QED) is 0.595. The van der Waals surface area contributed by atoms with Crippen LogP contribution in [-0.2, 0) is 4.74 Å². The number of halogens is 1. The maximum Gasteiger partial charge on any atom is 0.358 e. The van der Waals surface area contributed by atoms with Gasteiger partial charge in [0.1, 0.15) is 17.7 Å². The van der Waals surface area contributed by atoms with Gasteiger partial charge in [-0.05, 0) is 31.2 Å². The predicted molar refractivity (Wildman–Crippen MR) is 105 cm³/mol. The van der Waals surface area contributed by atoms with Crippen LogP contribution in [0.2, 0.25) is 0 Å². The van der Waals surface area contributed by atoms with Crippen molar-refractivity contribution in [1.29, 1.82) is 0 Å². The van der Waals surface area contributed by atoms with E-state index in [9.17, 15) is 14.0 Å². The van der Waals surface area contributed by atoms with E-state index in [4.69, 9.17) is 9.15 Å². The van der Waals surface area contributed by atoms with Gasteiger partial charge in [0.05, 0.1) is 5.56 Å². The summed E-state index contributed by atoms with van der Waals surface area (Å²) in [5.74, 6) is 0.0279. The molecule has 150 valence electrons. The Kier molecular flexibility index (Phi) is 5.44. The minimum atomic E-state index is -0.530. The van der Waals surface area contributed by atoms with Crippen molar-refractivity contribution in [1.82, 2.24) is 9.88 Å². The van der Waals surface area contributed by atoms with Crippen LogP contribution in [-0.4, -0.2) is 41.0 Å². The molecule has 1 aromatic carbocycles. The molecule has 1 fully saturated rings. The third-order valence-electron chi connectivity index (χ3n) is 4.77. The van der Waals surface area contributed by atoms with Crippen LogP contribution in [0, 0.1) is 12.7 Å². The molecule has 0 aliphatic carbocycles. The summed E-state index contributed by atoms with van der Waals surface area (Å²) < 4.78 is 24.9. The molecular formula is C21H19FN2O4S. The summed E-state index contributed by atoms with van der Waals surface area (Å²) in [6, 6.07) is 9.58. The second-order valence-corrected chi connectivity index (χ2v) is 7.68. The largest absolute Gasteiger partial charge is 0.459 e. The number of ether oxygens (including phenoxy) is 1. The lowest BCUT2D eigenvalue weighted by Crippen LogP contribution is -2.41. The average Bonchev–Trinajstić information content (AvgIpc) is 3.37. The molecule has 0 saturated carbocycles. The third-order valence-corrected chi connectivity index (χ3v) is 5.63. The highest BCUT2D eigenvalue weighted by atomic mass is 32.1. The zero-order chi connectivity index (χ0) is 20.4. The second-order valence-electron chi connectivity index (χ2n) is 6.82. The first-order valence-corrected chi connectivity index (χ1v) is 10.2. The zero-order valence-corrected chi connectivity index (χ0v) is 16.6. The Balaban J connectivity index is 1.33. The normalized spacial score (nSPS) is 14.8. The predicted octanol–water partition coefficient (Wildman–Crippen LogP) is 4.31. The van der Waals surface area contributed by atoms with Crippen LogP contribution in [0.4, 0.5) is 4.39 Å². The molecule has 4 rings (SSSR count). The molecule has 1 aliphatic rings. The minimum absolute atomic E-state index is 0.0612. The minimum Gasteiger partial charge on any atom is -0.459 e. The summed E-state index contributed by atoms with van der Waals surface area (Å²) in [5.41, 5.74) is 0.301. The summed E-state index contributed by atoms with van der Waals surface area (Å²) in [7, 11) is 0. The number of esters is 1. The molecule has 8 heteroatoms. The Morgan fingerprint density at radius 3 is 2.66 bits per heavy atom. The Labute approximate surface area is 170 Å². The molecule has 6 nitrogen and oxygen atoms in total. The van der Waals surface area contributed by atoms with Gasteiger partial charge in [-0.2, -0.15) is 0 Å². The maximum absolute atomic E-state index is 13.8. The van der Waals surface area contributed by atoms with Gasteiger partial charge < -0.3 is 14.1 Å². The van der Waals surface area contributed by atoms with Gasteiger partial charge in [0.15, 0.2) is 16.5 Å². The van der Waals surface area contributed by atoms with Crippen molar-refractivity contribution in [2.45, 2.75) is 25.9 Å². The number of hydrogen-bond donors (Lipinski definition) is 0. The van der Waals surface area contributed by atoms with Crippen molar-refractivity contribution < 1.29 is 23.1 Å². The van der Waals surface area contributed by atoms with Crippen molar-refractivity contribution in [2.75, 3.05) is 13.1 Å². The third kappa shape index (κ3) is 4.22. The van der Waals surface area contributed by atoms with Gasteiger partial charge in [-0.3, -0.25) is 4.79 Å². The average molecular weight is 414 g/mol. The molecule has 29 heavy (non-hydrogen) atoms. The van der Waals surface area contributed by atoms with Crippen molar-refractivity contribution in [2.24, 2.45) is 0 Å². The lowest BCUT2D eigenvalue weighted by Gasteiger charge is -2.31. The number of hydrogen-bond acceptors (Lipinski definition) is 6. The highest BCUT2D eigenvalue weighted by Crippen LogP contribution is 2.26. The smallest absolute Gasteiger partial charge is 0.358 e. The molecular weight excluding hydrogens is 395 g/mol. The van der Waals surface area contributed by atoms with Crippen LogP contribution in [0.5, 0.6) is 0 Å². The molecule has 2 aromatic heterocycles. The van der Waals surface area contributed by atoms with E-state index in [1.807, 2.05) is 19.1 Å². The molecule has 1 amide bonds. The number of likely N-dealkylation sites (tertiary alicyclic amines) is 1. The first-order chi connectivity index (χ1) is 14.0. The monoisotopic (exact) mass is 414 g/mol. The number of piperidine rings is 1. The molecule has 0 spiro atoms. The van der Waals surface area contributed by atoms with Gasteiger partial charge in [-0.1, -0.05) is 12.1 Å². The summed E-state index contributed by atoms with van der Waals surface area (Å²) in [6.07, 6.45) is 0.698. The van der Waals surface area contributed by atoms with E-state index in [2.05, 4.69) is 4.98 Å². The van der Waals surface area contributed by atoms with Crippen molar-refractivity contribution >= 4 is 23.2 Å². The fourth-order valence-electron chi connectivity index (χ4n) is 3.22. The standard InChI is InChI=1S/C21H19FN2O4S/c1-13-6-7-18(27-13)19-23-17(12-29-19)21(26)28-14-8-10-24(11-9-14)20(25)15-4-2-3-5-16(15)22/h2-7,12,14H,8-11H2,1H3. The summed E-state index contributed by atoms with van der Waals surface area (Å²) >= 11 is 1.32. The number of furan rings is 1. The van der Waals surface area contributed by atoms with Crippen LogP contribution in [0.25, 0.3) is 10.8 Å². The van der Waals surface area contributed by atoms with E-state index in [1.54, 1.807) is 22.4 Å². The van der Waals surface area contributed by atoms with Gasteiger partial charge >= 0.3 is 5.97 Å². The Bertz CT molecular complexity index is 1040. The highest BCUT2D eigenvalue weighted by molar-refractivity contribution is 7.13. The number of amides is 1. The zero-order valence-electron chi connectivity index (χ0n) is 15.8. The van der Waals surface area contributed by atoms with Gasteiger partial charge in [-0.15, -0.1) is 11.3 Å². The summed E-state index contributed by atoms with van der Waals surface area (Å²) in [5, 5.41) is 2.27. The molecule has 1 saturated heterocycles. The van der Waals surface area contributed by atoms with Gasteiger partial charge in [0, 0.05) is 31.3 Å². The molecule has 0 unspecified atom stereocenters. The Morgan fingerprint density at radius 2 is 1.97 bits per heavy atom. The first-order valence-electron chi connectivity index (χ1n) is 9.28. The van der Waals surface area contributed by atoms with Gasteiger partial charge in [-0.25, -0.2) is 14.2 Å². The Morgan fingerprint density at radius 1 is 1.21 bits per heavy atom. The number of aromatic nitrogens is 1. The van der Waals surface area contributed by atoms with E-state index in [0.717, 1.165) is 5.76 Å². The lowest BCUT2D eigenvalue weighted by atomic mass is 10.1. The SMILES string of the molecule is Cc1ccc(-c2nc(C(=O)OC3CCN(C(=O)c4ccccc4F)CC3)cs2)o1. The van der Waals surface area contributed by atoms with Crippen molar-refractivity contribution in [3.05, 3.63) is 64.6 Å². The second kappa shape index (κ2) is 8.16. The van der Waals surface area contributed by atoms with Crippen LogP contribution in [0.15, 0.2) is 46.2 Å². The van der Waals surface area contributed by atoms with Gasteiger partial charge in [0.2, 0.25) is 0 Å². The van der Waals surface area contributed by atoms with Crippen LogP contribution in [0.1, 0.15) is 39.4 Å². The molecule has 1 aliphatic heterocycles. The molecule has 3 heterocycles. The fourth-order valence-corrected chi connectivity index (χ4v) is 3.97. The van der Waals surface area contributed by atoms with Crippen LogP contribution < -0.4 is 0 Å². The Hall–Kier alpha value is -3.00. The van der Waals surface area contributed by atoms with E-state index < -0.39 is 11.8 Å². The molecule has 0 atom stereocenters. The number of benzene rings is 1. The number of aryl methyl sites for hydroxylation is 1. The summed E-state index contributed by atoms with van der Waals surface area (Å²) in [6.45, 7) is 2.65.